The van der Waals surface area contributed by atoms with Gasteiger partial charge in [0, 0.05) is 30.8 Å². The summed E-state index contributed by atoms with van der Waals surface area (Å²) in [6, 6.07) is 12.0. The van der Waals surface area contributed by atoms with Crippen LogP contribution < -0.4 is 5.56 Å². The summed E-state index contributed by atoms with van der Waals surface area (Å²) in [5.74, 6) is 0. The number of pyridine rings is 1. The number of halogens is 1. The summed E-state index contributed by atoms with van der Waals surface area (Å²) in [7, 11) is -3.93. The van der Waals surface area contributed by atoms with Crippen LogP contribution in [0.4, 0.5) is 0 Å². The molecule has 6 nitrogen and oxygen atoms in total. The number of aromatic amines is 1. The highest BCUT2D eigenvalue weighted by atomic mass is 35.5. The van der Waals surface area contributed by atoms with Crippen molar-refractivity contribution in [2.75, 3.05) is 13.2 Å². The van der Waals surface area contributed by atoms with Crippen LogP contribution in [0.15, 0.2) is 52.2 Å². The molecule has 1 atom stereocenters. The molecule has 31 heavy (non-hydrogen) atoms. The van der Waals surface area contributed by atoms with Crippen molar-refractivity contribution < 1.29 is 13.2 Å². The summed E-state index contributed by atoms with van der Waals surface area (Å²) >= 11 is 6.21. The van der Waals surface area contributed by atoms with Crippen molar-refractivity contribution in [1.29, 1.82) is 0 Å². The van der Waals surface area contributed by atoms with E-state index in [-0.39, 0.29) is 34.7 Å². The largest absolute Gasteiger partial charge is 0.377 e. The molecule has 0 radical (unpaired) electrons. The summed E-state index contributed by atoms with van der Waals surface area (Å²) < 4.78 is 34.0. The van der Waals surface area contributed by atoms with Gasteiger partial charge in [-0.1, -0.05) is 23.7 Å². The Balaban J connectivity index is 1.76. The Morgan fingerprint density at radius 2 is 1.90 bits per heavy atom. The summed E-state index contributed by atoms with van der Waals surface area (Å²) in [5, 5.41) is 1.02. The number of sulfonamides is 1. The normalized spacial score (nSPS) is 17.0. The van der Waals surface area contributed by atoms with Gasteiger partial charge in [-0.15, -0.1) is 0 Å². The number of benzene rings is 2. The maximum atomic E-state index is 13.5. The number of hydrogen-bond donors (Lipinski definition) is 1. The smallest absolute Gasteiger partial charge is 0.252 e. The lowest BCUT2D eigenvalue weighted by Gasteiger charge is -2.25. The van der Waals surface area contributed by atoms with Crippen molar-refractivity contribution >= 4 is 32.5 Å². The van der Waals surface area contributed by atoms with E-state index in [1.54, 1.807) is 24.3 Å². The lowest BCUT2D eigenvalue weighted by atomic mass is 10.0. The monoisotopic (exact) mass is 460 g/mol. The highest BCUT2D eigenvalue weighted by Crippen LogP contribution is 2.27. The van der Waals surface area contributed by atoms with E-state index in [0.29, 0.717) is 12.2 Å². The van der Waals surface area contributed by atoms with E-state index in [9.17, 15) is 13.2 Å². The molecule has 1 aromatic heterocycles. The molecule has 2 aromatic carbocycles. The van der Waals surface area contributed by atoms with Gasteiger partial charge in [0.25, 0.3) is 5.56 Å². The number of hydrogen-bond acceptors (Lipinski definition) is 4. The van der Waals surface area contributed by atoms with Crippen LogP contribution in [0.1, 0.15) is 29.5 Å². The second-order valence-corrected chi connectivity index (χ2v) is 10.3. The number of ether oxygens (including phenoxy) is 1. The molecule has 1 N–H and O–H groups in total. The zero-order valence-electron chi connectivity index (χ0n) is 17.5. The number of fused-ring (bicyclic) bond motifs is 1. The topological polar surface area (TPSA) is 79.5 Å². The Bertz CT molecular complexity index is 1280. The zero-order valence-corrected chi connectivity index (χ0v) is 19.1. The first-order chi connectivity index (χ1) is 14.8. The predicted molar refractivity (Wildman–Crippen MR) is 122 cm³/mol. The van der Waals surface area contributed by atoms with Gasteiger partial charge in [-0.3, -0.25) is 4.79 Å². The van der Waals surface area contributed by atoms with Gasteiger partial charge in [0.15, 0.2) is 0 Å². The Hall–Kier alpha value is -2.19. The number of rotatable bonds is 6. The van der Waals surface area contributed by atoms with Gasteiger partial charge in [0.05, 0.1) is 11.1 Å². The Morgan fingerprint density at radius 3 is 2.61 bits per heavy atom. The van der Waals surface area contributed by atoms with Crippen LogP contribution in [0.5, 0.6) is 0 Å². The first-order valence-corrected chi connectivity index (χ1v) is 12.1. The number of H-pyrrole nitrogens is 1. The van der Waals surface area contributed by atoms with Gasteiger partial charge < -0.3 is 9.72 Å². The molecule has 0 saturated carbocycles. The second kappa shape index (κ2) is 8.74. The van der Waals surface area contributed by atoms with Gasteiger partial charge >= 0.3 is 0 Å². The second-order valence-electron chi connectivity index (χ2n) is 8.01. The van der Waals surface area contributed by atoms with E-state index >= 15 is 0 Å². The van der Waals surface area contributed by atoms with Crippen molar-refractivity contribution in [2.24, 2.45) is 0 Å². The SMILES string of the molecule is Cc1cc2cc(CN(C[C@@H]3CCCO3)S(=O)(=O)c3ccccc3Cl)c(=O)[nH]c2cc1C. The maximum absolute atomic E-state index is 13.5. The lowest BCUT2D eigenvalue weighted by molar-refractivity contribution is 0.0925. The molecule has 2 heterocycles. The summed E-state index contributed by atoms with van der Waals surface area (Å²) in [6.45, 7) is 4.70. The highest BCUT2D eigenvalue weighted by molar-refractivity contribution is 7.89. The first kappa shape index (κ1) is 22.0. The molecule has 1 fully saturated rings. The number of nitrogens with zero attached hydrogens (tertiary/aromatic N) is 1. The third-order valence-corrected chi connectivity index (χ3v) is 8.08. The van der Waals surface area contributed by atoms with Gasteiger partial charge in [-0.05, 0) is 73.5 Å². The molecular weight excluding hydrogens is 436 g/mol. The Morgan fingerprint density at radius 1 is 1.16 bits per heavy atom. The quantitative estimate of drug-likeness (QED) is 0.598. The average Bonchev–Trinajstić information content (AvgIpc) is 3.23. The summed E-state index contributed by atoms with van der Waals surface area (Å²) in [4.78, 5) is 15.7. The van der Waals surface area contributed by atoms with E-state index in [4.69, 9.17) is 16.3 Å². The van der Waals surface area contributed by atoms with Gasteiger partial charge in [0.1, 0.15) is 4.90 Å². The molecule has 1 aliphatic heterocycles. The summed E-state index contributed by atoms with van der Waals surface area (Å²) in [6.07, 6.45) is 1.46. The van der Waals surface area contributed by atoms with Crippen LogP contribution in [0.2, 0.25) is 5.02 Å². The van der Waals surface area contributed by atoms with Crippen molar-refractivity contribution in [2.45, 2.75) is 44.2 Å². The molecule has 0 aliphatic carbocycles. The van der Waals surface area contributed by atoms with Crippen LogP contribution in [-0.4, -0.2) is 37.0 Å². The third-order valence-electron chi connectivity index (χ3n) is 5.77. The molecule has 3 aromatic rings. The molecule has 0 bridgehead atoms. The third kappa shape index (κ3) is 4.55. The minimum atomic E-state index is -3.93. The van der Waals surface area contributed by atoms with E-state index in [0.717, 1.165) is 34.9 Å². The standard InChI is InChI=1S/C23H25ClN2O4S/c1-15-10-17-12-18(23(27)25-21(17)11-16(15)2)13-26(14-19-6-5-9-30-19)31(28,29)22-8-4-3-7-20(22)24/h3-4,7-8,10-12,19H,5-6,9,13-14H2,1-2H3,(H,25,27)/t19-/m0/s1. The van der Waals surface area contributed by atoms with Crippen LogP contribution in [0, 0.1) is 13.8 Å². The molecule has 0 spiro atoms. The van der Waals surface area contributed by atoms with Crippen LogP contribution in [-0.2, 0) is 21.3 Å². The molecular formula is C23H25ClN2O4S. The van der Waals surface area contributed by atoms with Crippen LogP contribution in [0.3, 0.4) is 0 Å². The predicted octanol–water partition coefficient (Wildman–Crippen LogP) is 4.17. The van der Waals surface area contributed by atoms with Crippen LogP contribution in [0.25, 0.3) is 10.9 Å². The van der Waals surface area contributed by atoms with Crippen molar-refractivity contribution in [3.63, 3.8) is 0 Å². The number of nitrogens with one attached hydrogen (secondary N) is 1. The maximum Gasteiger partial charge on any atom is 0.252 e. The fourth-order valence-electron chi connectivity index (χ4n) is 3.89. The van der Waals surface area contributed by atoms with E-state index in [1.807, 2.05) is 26.0 Å². The zero-order chi connectivity index (χ0) is 22.2. The van der Waals surface area contributed by atoms with E-state index in [2.05, 4.69) is 4.98 Å². The highest BCUT2D eigenvalue weighted by Gasteiger charge is 2.31. The van der Waals surface area contributed by atoms with Gasteiger partial charge in [-0.2, -0.15) is 4.31 Å². The fourth-order valence-corrected chi connectivity index (χ4v) is 5.83. The van der Waals surface area contributed by atoms with Gasteiger partial charge in [-0.25, -0.2) is 8.42 Å². The fraction of sp³-hybridized carbons (Fsp3) is 0.348. The number of aryl methyl sites for hydroxylation is 2. The van der Waals surface area contributed by atoms with Gasteiger partial charge in [0.2, 0.25) is 10.0 Å². The number of aromatic nitrogens is 1. The summed E-state index contributed by atoms with van der Waals surface area (Å²) in [5.41, 5.74) is 2.99. The molecule has 0 amide bonds. The first-order valence-electron chi connectivity index (χ1n) is 10.2. The molecule has 1 aliphatic rings. The van der Waals surface area contributed by atoms with E-state index < -0.39 is 10.0 Å². The van der Waals surface area contributed by atoms with Crippen LogP contribution >= 0.6 is 11.6 Å². The molecule has 4 rings (SSSR count). The molecule has 8 heteroatoms. The molecule has 1 saturated heterocycles. The van der Waals surface area contributed by atoms with Crippen molar-refractivity contribution in [3.8, 4) is 0 Å². The minimum absolute atomic E-state index is 0.0263. The average molecular weight is 461 g/mol. The Labute approximate surface area is 186 Å². The minimum Gasteiger partial charge on any atom is -0.377 e. The molecule has 0 unspecified atom stereocenters. The van der Waals surface area contributed by atoms with Crippen molar-refractivity contribution in [3.05, 3.63) is 74.5 Å². The Kier molecular flexibility index (Phi) is 6.21. The van der Waals surface area contributed by atoms with E-state index in [1.165, 1.54) is 10.4 Å². The molecule has 164 valence electrons. The lowest BCUT2D eigenvalue weighted by Crippen LogP contribution is -2.38. The van der Waals surface area contributed by atoms with Crippen molar-refractivity contribution in [1.82, 2.24) is 9.29 Å².